The molecule has 1 aliphatic heterocycles. The van der Waals surface area contributed by atoms with Gasteiger partial charge in [0.2, 0.25) is 0 Å². The molecule has 1 heterocycles. The number of ether oxygens (including phenoxy) is 1. The van der Waals surface area contributed by atoms with Crippen molar-refractivity contribution in [3.8, 4) is 0 Å². The molecule has 0 aromatic rings. The van der Waals surface area contributed by atoms with Crippen molar-refractivity contribution in [1.82, 2.24) is 0 Å². The van der Waals surface area contributed by atoms with Crippen molar-refractivity contribution in [2.75, 3.05) is 19.7 Å². The fourth-order valence-electron chi connectivity index (χ4n) is 1.67. The van der Waals surface area contributed by atoms with Crippen molar-refractivity contribution in [2.45, 2.75) is 23.0 Å². The van der Waals surface area contributed by atoms with E-state index < -0.39 is 0 Å². The lowest BCUT2D eigenvalue weighted by molar-refractivity contribution is -0.664. The van der Waals surface area contributed by atoms with Crippen LogP contribution in [0, 0.1) is 5.92 Å². The van der Waals surface area contributed by atoms with Gasteiger partial charge in [0.25, 0.3) is 0 Å². The van der Waals surface area contributed by atoms with Crippen LogP contribution in [0.1, 0.15) is 19.3 Å². The second-order valence-electron chi connectivity index (χ2n) is 3.57. The zero-order valence-electron chi connectivity index (χ0n) is 8.05. The van der Waals surface area contributed by atoms with Crippen molar-refractivity contribution in [3.63, 3.8) is 0 Å². The second-order valence-corrected chi connectivity index (χ2v) is 6.63. The molecule has 1 aliphatic rings. The predicted molar refractivity (Wildman–Crippen MR) is 61.6 cm³/mol. The lowest BCUT2D eigenvalue weighted by atomic mass is 9.95. The van der Waals surface area contributed by atoms with Crippen LogP contribution in [0.4, 0.5) is 0 Å². The number of carbonyl (C=O) groups is 1. The van der Waals surface area contributed by atoms with Gasteiger partial charge >= 0.3 is 5.97 Å². The number of hydrogen-bond donors (Lipinski definition) is 1. The number of alkyl halides is 2. The molecule has 0 radical (unpaired) electrons. The fourth-order valence-corrected chi connectivity index (χ4v) is 1.94. The van der Waals surface area contributed by atoms with Crippen LogP contribution in [0.2, 0.25) is 0 Å². The Balaban J connectivity index is 2.05. The highest BCUT2D eigenvalue weighted by Gasteiger charge is 2.17. The van der Waals surface area contributed by atoms with E-state index in [1.165, 1.54) is 25.9 Å². The molecule has 5 heteroatoms. The van der Waals surface area contributed by atoms with Gasteiger partial charge in [0.05, 0.1) is 19.7 Å². The minimum absolute atomic E-state index is 0.229. The van der Waals surface area contributed by atoms with E-state index in [9.17, 15) is 4.79 Å². The molecule has 1 rings (SSSR count). The Morgan fingerprint density at radius 1 is 1.43 bits per heavy atom. The van der Waals surface area contributed by atoms with E-state index in [1.54, 1.807) is 0 Å². The molecule has 0 aromatic heterocycles. The Morgan fingerprint density at radius 3 is 2.64 bits per heavy atom. The second kappa shape index (κ2) is 6.80. The highest BCUT2D eigenvalue weighted by molar-refractivity contribution is 9.25. The first-order chi connectivity index (χ1) is 6.70. The monoisotopic (exact) mass is 328 g/mol. The van der Waals surface area contributed by atoms with Gasteiger partial charge in [0.1, 0.15) is 0 Å². The van der Waals surface area contributed by atoms with Gasteiger partial charge in [-0.05, 0) is 25.2 Å². The van der Waals surface area contributed by atoms with Crippen LogP contribution < -0.4 is 5.32 Å². The fraction of sp³-hybridized carbons (Fsp3) is 0.889. The van der Waals surface area contributed by atoms with E-state index in [-0.39, 0.29) is 9.71 Å². The Kier molecular flexibility index (Phi) is 6.05. The number of rotatable bonds is 4. The maximum absolute atomic E-state index is 11.1. The predicted octanol–water partition coefficient (Wildman–Crippen LogP) is 1.01. The van der Waals surface area contributed by atoms with E-state index in [1.807, 2.05) is 0 Å². The number of esters is 1. The highest BCUT2D eigenvalue weighted by Crippen LogP contribution is 2.15. The van der Waals surface area contributed by atoms with Crippen molar-refractivity contribution in [3.05, 3.63) is 0 Å². The molecule has 0 spiro atoms. The number of quaternary nitrogens is 1. The molecule has 0 unspecified atom stereocenters. The molecule has 0 aromatic carbocycles. The number of hydrogen-bond acceptors (Lipinski definition) is 2. The molecule has 0 atom stereocenters. The van der Waals surface area contributed by atoms with Crippen LogP contribution in [-0.4, -0.2) is 29.4 Å². The third-order valence-corrected chi connectivity index (χ3v) is 3.25. The van der Waals surface area contributed by atoms with Gasteiger partial charge in [0.15, 0.2) is 3.74 Å². The van der Waals surface area contributed by atoms with Gasteiger partial charge in [0, 0.05) is 0 Å². The summed E-state index contributed by atoms with van der Waals surface area (Å²) in [4.78, 5) is 11.1. The number of halogens is 2. The molecule has 82 valence electrons. The summed E-state index contributed by atoms with van der Waals surface area (Å²) in [7, 11) is 0. The van der Waals surface area contributed by atoms with Gasteiger partial charge < -0.3 is 10.1 Å². The molecule has 0 bridgehead atoms. The minimum Gasteiger partial charge on any atom is -0.464 e. The van der Waals surface area contributed by atoms with Crippen molar-refractivity contribution >= 4 is 37.8 Å². The lowest BCUT2D eigenvalue weighted by Crippen LogP contribution is -2.86. The van der Waals surface area contributed by atoms with Gasteiger partial charge in [-0.1, -0.05) is 31.9 Å². The molecule has 2 N–H and O–H groups in total. The molecule has 0 amide bonds. The summed E-state index contributed by atoms with van der Waals surface area (Å²) in [5.74, 6) is 0.518. The maximum Gasteiger partial charge on any atom is 0.330 e. The van der Waals surface area contributed by atoms with Crippen molar-refractivity contribution < 1.29 is 14.8 Å². The normalized spacial score (nSPS) is 18.5. The van der Waals surface area contributed by atoms with Crippen LogP contribution in [0.15, 0.2) is 0 Å². The topological polar surface area (TPSA) is 42.9 Å². The summed E-state index contributed by atoms with van der Waals surface area (Å²) >= 11 is 6.21. The van der Waals surface area contributed by atoms with E-state index in [0.29, 0.717) is 6.61 Å². The Labute approximate surface area is 101 Å². The summed E-state index contributed by atoms with van der Waals surface area (Å²) in [6.45, 7) is 2.99. The van der Waals surface area contributed by atoms with E-state index >= 15 is 0 Å². The summed E-state index contributed by atoms with van der Waals surface area (Å²) in [5, 5.41) is 2.34. The van der Waals surface area contributed by atoms with Gasteiger partial charge in [-0.25, -0.2) is 4.79 Å². The Bertz CT molecular complexity index is 182. The maximum atomic E-state index is 11.1. The molecular formula is C9H16Br2NO2+. The van der Waals surface area contributed by atoms with Crippen molar-refractivity contribution in [1.29, 1.82) is 0 Å². The Morgan fingerprint density at radius 2 is 2.07 bits per heavy atom. The molecule has 1 saturated heterocycles. The SMILES string of the molecule is O=C(OCCC1CC[NH2+]CC1)C(Br)Br. The van der Waals surface area contributed by atoms with Gasteiger partial charge in [-0.3, -0.25) is 0 Å². The van der Waals surface area contributed by atoms with Gasteiger partial charge in [-0.15, -0.1) is 0 Å². The molecular weight excluding hydrogens is 314 g/mol. The summed E-state index contributed by atoms with van der Waals surface area (Å²) < 4.78 is 4.70. The average Bonchev–Trinajstić information content (AvgIpc) is 2.19. The van der Waals surface area contributed by atoms with Crippen LogP contribution in [-0.2, 0) is 9.53 Å². The largest absolute Gasteiger partial charge is 0.464 e. The van der Waals surface area contributed by atoms with Crippen molar-refractivity contribution in [2.24, 2.45) is 5.92 Å². The number of carbonyl (C=O) groups excluding carboxylic acids is 1. The molecule has 14 heavy (non-hydrogen) atoms. The van der Waals surface area contributed by atoms with Crippen LogP contribution in [0.3, 0.4) is 0 Å². The summed E-state index contributed by atoms with van der Waals surface area (Å²) in [5.41, 5.74) is 0. The number of nitrogens with two attached hydrogens (primary N) is 1. The molecule has 3 nitrogen and oxygen atoms in total. The van der Waals surface area contributed by atoms with Crippen LogP contribution in [0.5, 0.6) is 0 Å². The van der Waals surface area contributed by atoms with E-state index in [4.69, 9.17) is 4.74 Å². The van der Waals surface area contributed by atoms with Crippen LogP contribution >= 0.6 is 31.9 Å². The van der Waals surface area contributed by atoms with Crippen LogP contribution in [0.25, 0.3) is 0 Å². The summed E-state index contributed by atoms with van der Waals surface area (Å²) in [6, 6.07) is 0. The lowest BCUT2D eigenvalue weighted by Gasteiger charge is -2.19. The first kappa shape index (κ1) is 12.5. The molecule has 0 aliphatic carbocycles. The summed E-state index contributed by atoms with van der Waals surface area (Å²) in [6.07, 6.45) is 3.51. The number of piperidine rings is 1. The highest BCUT2D eigenvalue weighted by atomic mass is 79.9. The zero-order chi connectivity index (χ0) is 10.4. The third kappa shape index (κ3) is 4.75. The molecule has 1 fully saturated rings. The standard InChI is InChI=1S/C9H15Br2NO2/c10-8(11)9(13)14-6-3-7-1-4-12-5-2-7/h7-8,12H,1-6H2/p+1. The minimum atomic E-state index is -0.366. The quantitative estimate of drug-likeness (QED) is 0.618. The average molecular weight is 330 g/mol. The third-order valence-electron chi connectivity index (χ3n) is 2.51. The van der Waals surface area contributed by atoms with Gasteiger partial charge in [-0.2, -0.15) is 0 Å². The van der Waals surface area contributed by atoms with E-state index in [0.717, 1.165) is 12.3 Å². The zero-order valence-corrected chi connectivity index (χ0v) is 11.2. The first-order valence-electron chi connectivity index (χ1n) is 4.96. The Hall–Kier alpha value is 0.390. The smallest absolute Gasteiger partial charge is 0.330 e. The first-order valence-corrected chi connectivity index (χ1v) is 6.79. The van der Waals surface area contributed by atoms with E-state index in [2.05, 4.69) is 37.2 Å². The molecule has 0 saturated carbocycles.